The van der Waals surface area contributed by atoms with Gasteiger partial charge in [0.05, 0.1) is 15.6 Å². The lowest BCUT2D eigenvalue weighted by molar-refractivity contribution is -0.384. The van der Waals surface area contributed by atoms with Crippen LogP contribution in [0.15, 0.2) is 18.2 Å². The first kappa shape index (κ1) is 14.4. The largest absolute Gasteiger partial charge is 0.325 e. The van der Waals surface area contributed by atoms with Crippen LogP contribution in [0.3, 0.4) is 0 Å². The summed E-state index contributed by atoms with van der Waals surface area (Å²) in [5.74, 6) is -0.175. The molecule has 0 saturated heterocycles. The van der Waals surface area contributed by atoms with E-state index in [1.165, 1.54) is 18.2 Å². The molecule has 0 bridgehead atoms. The Kier molecular flexibility index (Phi) is 5.58. The highest BCUT2D eigenvalue weighted by atomic mass is 35.5. The first-order valence-corrected chi connectivity index (χ1v) is 6.16. The van der Waals surface area contributed by atoms with Crippen LogP contribution in [0.4, 0.5) is 11.4 Å². The fourth-order valence-electron chi connectivity index (χ4n) is 1.47. The second-order valence-electron chi connectivity index (χ2n) is 3.93. The number of carbonyl (C=O) groups excluding carboxylic acids is 1. The van der Waals surface area contributed by atoms with Gasteiger partial charge in [-0.15, -0.1) is 0 Å². The maximum absolute atomic E-state index is 11.6. The molecule has 1 aromatic carbocycles. The maximum Gasteiger partial charge on any atom is 0.271 e. The molecule has 1 rings (SSSR count). The molecule has 98 valence electrons. The summed E-state index contributed by atoms with van der Waals surface area (Å²) < 4.78 is 0. The second-order valence-corrected chi connectivity index (χ2v) is 4.33. The fraction of sp³-hybridized carbons (Fsp3) is 0.417. The van der Waals surface area contributed by atoms with E-state index in [0.29, 0.717) is 11.4 Å². The molecule has 0 fully saturated rings. The minimum atomic E-state index is -0.525. The van der Waals surface area contributed by atoms with Crippen LogP contribution in [0.2, 0.25) is 5.02 Å². The molecule has 0 aliphatic heterocycles. The van der Waals surface area contributed by atoms with Gasteiger partial charge >= 0.3 is 0 Å². The van der Waals surface area contributed by atoms with Gasteiger partial charge in [-0.1, -0.05) is 31.4 Å². The Bertz CT molecular complexity index is 449. The average Bonchev–Trinajstić information content (AvgIpc) is 2.32. The van der Waals surface area contributed by atoms with E-state index in [9.17, 15) is 14.9 Å². The van der Waals surface area contributed by atoms with Crippen molar-refractivity contribution in [3.05, 3.63) is 33.3 Å². The Balaban J connectivity index is 2.68. The topological polar surface area (TPSA) is 72.2 Å². The number of halogens is 1. The SMILES string of the molecule is CCCCCC(=O)Nc1cc([N+](=O)[O-])ccc1Cl. The van der Waals surface area contributed by atoms with Gasteiger partial charge in [0.2, 0.25) is 5.91 Å². The van der Waals surface area contributed by atoms with Crippen molar-refractivity contribution in [1.82, 2.24) is 0 Å². The molecule has 5 nitrogen and oxygen atoms in total. The Morgan fingerprint density at radius 1 is 1.44 bits per heavy atom. The maximum atomic E-state index is 11.6. The van der Waals surface area contributed by atoms with E-state index in [1.807, 2.05) is 0 Å². The van der Waals surface area contributed by atoms with E-state index in [1.54, 1.807) is 0 Å². The van der Waals surface area contributed by atoms with Gasteiger partial charge < -0.3 is 5.32 Å². The number of nitro benzene ring substituents is 1. The first-order chi connectivity index (χ1) is 8.54. The molecule has 0 aliphatic rings. The van der Waals surface area contributed by atoms with E-state index in [4.69, 9.17) is 11.6 Å². The number of nitrogens with zero attached hydrogens (tertiary/aromatic N) is 1. The molecule has 0 aliphatic carbocycles. The highest BCUT2D eigenvalue weighted by Gasteiger charge is 2.11. The second kappa shape index (κ2) is 6.96. The number of amides is 1. The summed E-state index contributed by atoms with van der Waals surface area (Å²) in [6.45, 7) is 2.05. The van der Waals surface area contributed by atoms with Gasteiger partial charge in [0.15, 0.2) is 0 Å². The van der Waals surface area contributed by atoms with Gasteiger partial charge in [-0.2, -0.15) is 0 Å². The smallest absolute Gasteiger partial charge is 0.271 e. The third-order valence-electron chi connectivity index (χ3n) is 2.44. The Morgan fingerprint density at radius 3 is 2.78 bits per heavy atom. The summed E-state index contributed by atoms with van der Waals surface area (Å²) in [4.78, 5) is 21.7. The van der Waals surface area contributed by atoms with Gasteiger partial charge in [-0.05, 0) is 12.5 Å². The van der Waals surface area contributed by atoms with Crippen molar-refractivity contribution in [3.8, 4) is 0 Å². The zero-order valence-corrected chi connectivity index (χ0v) is 10.9. The van der Waals surface area contributed by atoms with Crippen LogP contribution in [-0.2, 0) is 4.79 Å². The molecule has 1 N–H and O–H groups in total. The summed E-state index contributed by atoms with van der Waals surface area (Å²) in [6, 6.07) is 3.97. The number of unbranched alkanes of at least 4 members (excludes halogenated alkanes) is 2. The Labute approximate surface area is 110 Å². The first-order valence-electron chi connectivity index (χ1n) is 5.78. The van der Waals surface area contributed by atoms with Gasteiger partial charge in [-0.25, -0.2) is 0 Å². The predicted octanol–water partition coefficient (Wildman–Crippen LogP) is 3.77. The van der Waals surface area contributed by atoms with Crippen LogP contribution in [-0.4, -0.2) is 10.8 Å². The molecule has 6 heteroatoms. The third kappa shape index (κ3) is 4.33. The Hall–Kier alpha value is -1.62. The van der Waals surface area contributed by atoms with E-state index in [0.717, 1.165) is 19.3 Å². The number of nitrogens with one attached hydrogen (secondary N) is 1. The summed E-state index contributed by atoms with van der Waals surface area (Å²) in [7, 11) is 0. The summed E-state index contributed by atoms with van der Waals surface area (Å²) in [5.41, 5.74) is 0.190. The summed E-state index contributed by atoms with van der Waals surface area (Å²) in [6.07, 6.45) is 3.21. The minimum Gasteiger partial charge on any atom is -0.325 e. The van der Waals surface area contributed by atoms with Gasteiger partial charge in [0.25, 0.3) is 5.69 Å². The molecule has 0 aromatic heterocycles. The quantitative estimate of drug-likeness (QED) is 0.486. The van der Waals surface area contributed by atoms with Crippen molar-refractivity contribution in [2.45, 2.75) is 32.6 Å². The minimum absolute atomic E-state index is 0.0942. The van der Waals surface area contributed by atoms with E-state index in [2.05, 4.69) is 12.2 Å². The molecule has 1 aromatic rings. The van der Waals surface area contributed by atoms with Crippen LogP contribution in [0, 0.1) is 10.1 Å². The number of benzene rings is 1. The van der Waals surface area contributed by atoms with E-state index in [-0.39, 0.29) is 17.3 Å². The van der Waals surface area contributed by atoms with Crippen molar-refractivity contribution < 1.29 is 9.72 Å². The molecular formula is C12H15ClN2O3. The zero-order chi connectivity index (χ0) is 13.5. The highest BCUT2D eigenvalue weighted by molar-refractivity contribution is 6.33. The number of hydrogen-bond donors (Lipinski definition) is 1. The number of non-ortho nitro benzene ring substituents is 1. The van der Waals surface area contributed by atoms with Crippen LogP contribution in [0.5, 0.6) is 0 Å². The van der Waals surface area contributed by atoms with Crippen LogP contribution < -0.4 is 5.32 Å². The molecular weight excluding hydrogens is 256 g/mol. The van der Waals surface area contributed by atoms with Crippen molar-refractivity contribution >= 4 is 28.9 Å². The van der Waals surface area contributed by atoms with Gasteiger partial charge in [0, 0.05) is 18.6 Å². The van der Waals surface area contributed by atoms with E-state index < -0.39 is 4.92 Å². The van der Waals surface area contributed by atoms with Crippen molar-refractivity contribution in [2.24, 2.45) is 0 Å². The van der Waals surface area contributed by atoms with Crippen molar-refractivity contribution in [1.29, 1.82) is 0 Å². The average molecular weight is 271 g/mol. The van der Waals surface area contributed by atoms with Crippen LogP contribution >= 0.6 is 11.6 Å². The number of rotatable bonds is 6. The van der Waals surface area contributed by atoms with E-state index >= 15 is 0 Å². The number of anilines is 1. The summed E-state index contributed by atoms with van der Waals surface area (Å²) in [5, 5.41) is 13.5. The number of hydrogen-bond acceptors (Lipinski definition) is 3. The normalized spacial score (nSPS) is 10.1. The monoisotopic (exact) mass is 270 g/mol. The molecule has 1 amide bonds. The summed E-state index contributed by atoms with van der Waals surface area (Å²) >= 11 is 5.87. The van der Waals surface area contributed by atoms with Crippen molar-refractivity contribution in [3.63, 3.8) is 0 Å². The molecule has 18 heavy (non-hydrogen) atoms. The molecule has 0 saturated carbocycles. The molecule has 0 radical (unpaired) electrons. The standard InChI is InChI=1S/C12H15ClN2O3/c1-2-3-4-5-12(16)14-11-8-9(15(17)18)6-7-10(11)13/h6-8H,2-5H2,1H3,(H,14,16). The molecule has 0 atom stereocenters. The fourth-order valence-corrected chi connectivity index (χ4v) is 1.64. The lowest BCUT2D eigenvalue weighted by Crippen LogP contribution is -2.11. The highest BCUT2D eigenvalue weighted by Crippen LogP contribution is 2.26. The number of nitro groups is 1. The molecule has 0 heterocycles. The lowest BCUT2D eigenvalue weighted by Gasteiger charge is -2.06. The lowest BCUT2D eigenvalue weighted by atomic mass is 10.2. The zero-order valence-electron chi connectivity index (χ0n) is 10.1. The number of carbonyl (C=O) groups is 1. The molecule has 0 unspecified atom stereocenters. The van der Waals surface area contributed by atoms with Crippen LogP contribution in [0.1, 0.15) is 32.6 Å². The van der Waals surface area contributed by atoms with Gasteiger partial charge in [0.1, 0.15) is 0 Å². The van der Waals surface area contributed by atoms with Gasteiger partial charge in [-0.3, -0.25) is 14.9 Å². The van der Waals surface area contributed by atoms with Crippen molar-refractivity contribution in [2.75, 3.05) is 5.32 Å². The molecule has 0 spiro atoms. The van der Waals surface area contributed by atoms with Crippen LogP contribution in [0.25, 0.3) is 0 Å². The third-order valence-corrected chi connectivity index (χ3v) is 2.77. The predicted molar refractivity (Wildman–Crippen MR) is 70.9 cm³/mol. The Morgan fingerprint density at radius 2 is 2.17 bits per heavy atom.